The molecular weight excluding hydrogens is 308 g/mol. The quantitative estimate of drug-likeness (QED) is 0.867. The third-order valence-electron chi connectivity index (χ3n) is 3.40. The highest BCUT2D eigenvalue weighted by Gasteiger charge is 2.27. The fraction of sp³-hybridized carbons (Fsp3) is 0.333. The highest BCUT2D eigenvalue weighted by Crippen LogP contribution is 2.43. The van der Waals surface area contributed by atoms with Crippen LogP contribution < -0.4 is 0 Å². The third kappa shape index (κ3) is 2.68. The van der Waals surface area contributed by atoms with Crippen molar-refractivity contribution in [3.63, 3.8) is 0 Å². The van der Waals surface area contributed by atoms with E-state index in [1.807, 2.05) is 12.1 Å². The molecule has 3 rings (SSSR count). The van der Waals surface area contributed by atoms with Gasteiger partial charge in [-0.05, 0) is 57.9 Å². The number of hydrogen-bond donors (Lipinski definition) is 1. The predicted molar refractivity (Wildman–Crippen MR) is 79.1 cm³/mol. The second kappa shape index (κ2) is 5.16. The van der Waals surface area contributed by atoms with E-state index in [0.717, 1.165) is 9.35 Å². The summed E-state index contributed by atoms with van der Waals surface area (Å²) < 4.78 is 1.13. The van der Waals surface area contributed by atoms with Gasteiger partial charge in [-0.1, -0.05) is 24.3 Å². The van der Waals surface area contributed by atoms with E-state index in [1.54, 1.807) is 11.3 Å². The maximum Gasteiger partial charge on any atom is 0.0841 e. The lowest BCUT2D eigenvalue weighted by molar-refractivity contribution is 0.178. The van der Waals surface area contributed by atoms with Gasteiger partial charge >= 0.3 is 0 Å². The molecule has 0 saturated heterocycles. The third-order valence-corrected chi connectivity index (χ3v) is 5.04. The first kappa shape index (κ1) is 12.4. The Bertz CT molecular complexity index is 545. The van der Waals surface area contributed by atoms with Crippen molar-refractivity contribution in [1.82, 2.24) is 0 Å². The van der Waals surface area contributed by atoms with Gasteiger partial charge in [-0.25, -0.2) is 0 Å². The Hall–Kier alpha value is -0.640. The second-order valence-corrected chi connectivity index (χ2v) is 7.38. The lowest BCUT2D eigenvalue weighted by Gasteiger charge is -2.14. The Kier molecular flexibility index (Phi) is 3.55. The van der Waals surface area contributed by atoms with Crippen molar-refractivity contribution in [3.05, 3.63) is 56.2 Å². The molecule has 1 fully saturated rings. The summed E-state index contributed by atoms with van der Waals surface area (Å²) in [5.41, 5.74) is 2.46. The number of rotatable bonds is 4. The molecule has 0 amide bonds. The molecule has 0 radical (unpaired) electrons. The summed E-state index contributed by atoms with van der Waals surface area (Å²) in [6, 6.07) is 12.5. The first-order valence-electron chi connectivity index (χ1n) is 6.25. The minimum atomic E-state index is -0.382. The average molecular weight is 323 g/mol. The van der Waals surface area contributed by atoms with Gasteiger partial charge in [0.1, 0.15) is 0 Å². The van der Waals surface area contributed by atoms with Crippen LogP contribution in [0.15, 0.2) is 40.2 Å². The van der Waals surface area contributed by atoms with Gasteiger partial charge in [0.2, 0.25) is 0 Å². The molecule has 18 heavy (non-hydrogen) atoms. The topological polar surface area (TPSA) is 20.2 Å². The van der Waals surface area contributed by atoms with Crippen LogP contribution in [0.3, 0.4) is 0 Å². The zero-order valence-corrected chi connectivity index (χ0v) is 12.4. The molecule has 1 saturated carbocycles. The predicted octanol–water partition coefficient (Wildman–Crippen LogP) is 4.66. The van der Waals surface area contributed by atoms with Crippen LogP contribution in [0.25, 0.3) is 0 Å². The van der Waals surface area contributed by atoms with Gasteiger partial charge < -0.3 is 5.11 Å². The monoisotopic (exact) mass is 322 g/mol. The van der Waals surface area contributed by atoms with Crippen molar-refractivity contribution in [2.24, 2.45) is 0 Å². The standard InChI is InChI=1S/C15H15BrOS/c16-15-8-7-11(18-15)9-14(17)13-4-2-1-3-12(13)10-5-6-10/h1-4,7-8,10,14,17H,5-6,9H2. The first-order chi connectivity index (χ1) is 8.74. The maximum absolute atomic E-state index is 10.4. The smallest absolute Gasteiger partial charge is 0.0841 e. The van der Waals surface area contributed by atoms with Crippen LogP contribution in [-0.2, 0) is 6.42 Å². The SMILES string of the molecule is OC(Cc1ccc(Br)s1)c1ccccc1C1CC1. The Balaban J connectivity index is 1.81. The summed E-state index contributed by atoms with van der Waals surface area (Å²) in [5.74, 6) is 0.686. The van der Waals surface area contributed by atoms with E-state index < -0.39 is 0 Å². The van der Waals surface area contributed by atoms with E-state index >= 15 is 0 Å². The van der Waals surface area contributed by atoms with Gasteiger partial charge in [0, 0.05) is 11.3 Å². The van der Waals surface area contributed by atoms with Gasteiger partial charge in [0.25, 0.3) is 0 Å². The molecule has 1 atom stereocenters. The van der Waals surface area contributed by atoms with Crippen LogP contribution in [0.1, 0.15) is 40.9 Å². The summed E-state index contributed by atoms with van der Waals surface area (Å²) in [5, 5.41) is 10.4. The van der Waals surface area contributed by atoms with E-state index in [1.165, 1.54) is 23.3 Å². The molecule has 1 aromatic heterocycles. The summed E-state index contributed by atoms with van der Waals surface area (Å²) in [6.07, 6.45) is 2.87. The normalized spacial score (nSPS) is 16.8. The number of halogens is 1. The maximum atomic E-state index is 10.4. The lowest BCUT2D eigenvalue weighted by Crippen LogP contribution is -2.03. The fourth-order valence-electron chi connectivity index (χ4n) is 2.34. The molecule has 1 aliphatic rings. The summed E-state index contributed by atoms with van der Waals surface area (Å²) in [6.45, 7) is 0. The zero-order valence-electron chi connectivity index (χ0n) is 9.97. The number of aliphatic hydroxyl groups is 1. The molecule has 1 aliphatic carbocycles. The van der Waals surface area contributed by atoms with E-state index in [2.05, 4.69) is 40.2 Å². The summed E-state index contributed by atoms with van der Waals surface area (Å²) >= 11 is 5.16. The van der Waals surface area contributed by atoms with Gasteiger partial charge in [-0.15, -0.1) is 11.3 Å². The molecule has 94 valence electrons. The Labute approximate surface area is 120 Å². The molecule has 1 N–H and O–H groups in total. The molecule has 1 unspecified atom stereocenters. The van der Waals surface area contributed by atoms with Crippen molar-refractivity contribution in [2.75, 3.05) is 0 Å². The van der Waals surface area contributed by atoms with E-state index in [9.17, 15) is 5.11 Å². The summed E-state index contributed by atoms with van der Waals surface area (Å²) in [7, 11) is 0. The number of hydrogen-bond acceptors (Lipinski definition) is 2. The van der Waals surface area contributed by atoms with E-state index in [0.29, 0.717) is 12.3 Å². The minimum Gasteiger partial charge on any atom is -0.388 e. The van der Waals surface area contributed by atoms with Crippen LogP contribution in [0.5, 0.6) is 0 Å². The molecule has 2 aromatic rings. The molecular formula is C15H15BrOS. The number of aliphatic hydroxyl groups excluding tert-OH is 1. The van der Waals surface area contributed by atoms with Crippen molar-refractivity contribution in [1.29, 1.82) is 0 Å². The van der Waals surface area contributed by atoms with Crippen molar-refractivity contribution < 1.29 is 5.11 Å². The van der Waals surface area contributed by atoms with Crippen LogP contribution in [0, 0.1) is 0 Å². The van der Waals surface area contributed by atoms with Crippen molar-refractivity contribution in [3.8, 4) is 0 Å². The van der Waals surface area contributed by atoms with Crippen LogP contribution >= 0.6 is 27.3 Å². The summed E-state index contributed by atoms with van der Waals surface area (Å²) in [4.78, 5) is 1.22. The molecule has 1 nitrogen and oxygen atoms in total. The Morgan fingerprint density at radius 2 is 2.00 bits per heavy atom. The highest BCUT2D eigenvalue weighted by atomic mass is 79.9. The molecule has 0 aliphatic heterocycles. The zero-order chi connectivity index (χ0) is 12.5. The van der Waals surface area contributed by atoms with Crippen LogP contribution in [-0.4, -0.2) is 5.11 Å². The second-order valence-electron chi connectivity index (χ2n) is 4.83. The fourth-order valence-corrected chi connectivity index (χ4v) is 3.86. The minimum absolute atomic E-state index is 0.382. The van der Waals surface area contributed by atoms with E-state index in [4.69, 9.17) is 0 Å². The van der Waals surface area contributed by atoms with Crippen molar-refractivity contribution >= 4 is 27.3 Å². The molecule has 1 heterocycles. The lowest BCUT2D eigenvalue weighted by atomic mass is 9.97. The highest BCUT2D eigenvalue weighted by molar-refractivity contribution is 9.11. The van der Waals surface area contributed by atoms with Crippen molar-refractivity contribution in [2.45, 2.75) is 31.3 Å². The molecule has 0 bridgehead atoms. The first-order valence-corrected chi connectivity index (χ1v) is 7.86. The number of benzene rings is 1. The van der Waals surface area contributed by atoms with Gasteiger partial charge in [0.05, 0.1) is 9.89 Å². The largest absolute Gasteiger partial charge is 0.388 e. The number of thiophene rings is 1. The van der Waals surface area contributed by atoms with Crippen LogP contribution in [0.4, 0.5) is 0 Å². The Morgan fingerprint density at radius 1 is 1.22 bits per heavy atom. The molecule has 1 aromatic carbocycles. The van der Waals surface area contributed by atoms with Crippen LogP contribution in [0.2, 0.25) is 0 Å². The van der Waals surface area contributed by atoms with Gasteiger partial charge in [0.15, 0.2) is 0 Å². The average Bonchev–Trinajstić information content (AvgIpc) is 3.14. The molecule has 3 heteroatoms. The van der Waals surface area contributed by atoms with Gasteiger partial charge in [-0.2, -0.15) is 0 Å². The molecule has 0 spiro atoms. The van der Waals surface area contributed by atoms with E-state index in [-0.39, 0.29) is 6.10 Å². The Morgan fingerprint density at radius 3 is 2.67 bits per heavy atom. The van der Waals surface area contributed by atoms with Gasteiger partial charge in [-0.3, -0.25) is 0 Å².